The number of hydrogen-bond donors (Lipinski definition) is 2. The van der Waals surface area contributed by atoms with Crippen LogP contribution in [0.1, 0.15) is 51.5 Å². The largest absolute Gasteiger partial charge is 0.335 e. The SMILES string of the molecule is O=C(NCc1ccc(C(=O)c2cccs2)s1)NC1CCCCC1. The lowest BCUT2D eigenvalue weighted by atomic mass is 9.96. The Kier molecular flexibility index (Phi) is 5.46. The van der Waals surface area contributed by atoms with Gasteiger partial charge in [-0.2, -0.15) is 0 Å². The molecule has 0 radical (unpaired) electrons. The zero-order valence-corrected chi connectivity index (χ0v) is 14.5. The normalized spacial score (nSPS) is 15.3. The molecule has 0 aliphatic heterocycles. The van der Waals surface area contributed by atoms with Crippen LogP contribution in [0.15, 0.2) is 29.6 Å². The van der Waals surface area contributed by atoms with Gasteiger partial charge in [-0.15, -0.1) is 22.7 Å². The van der Waals surface area contributed by atoms with E-state index < -0.39 is 0 Å². The van der Waals surface area contributed by atoms with Gasteiger partial charge in [0.1, 0.15) is 0 Å². The zero-order valence-electron chi connectivity index (χ0n) is 12.8. The number of rotatable bonds is 5. The van der Waals surface area contributed by atoms with E-state index in [0.29, 0.717) is 12.6 Å². The molecule has 2 aromatic heterocycles. The first-order valence-electron chi connectivity index (χ1n) is 7.93. The van der Waals surface area contributed by atoms with Crippen molar-refractivity contribution in [2.75, 3.05) is 0 Å². The summed E-state index contributed by atoms with van der Waals surface area (Å²) in [6, 6.07) is 7.65. The molecule has 0 atom stereocenters. The lowest BCUT2D eigenvalue weighted by Crippen LogP contribution is -2.42. The van der Waals surface area contributed by atoms with Crippen molar-refractivity contribution in [3.05, 3.63) is 44.3 Å². The Morgan fingerprint density at radius 3 is 2.65 bits per heavy atom. The maximum atomic E-state index is 12.2. The molecule has 1 aliphatic rings. The van der Waals surface area contributed by atoms with Crippen molar-refractivity contribution >= 4 is 34.5 Å². The Morgan fingerprint density at radius 1 is 1.09 bits per heavy atom. The maximum Gasteiger partial charge on any atom is 0.315 e. The number of ketones is 1. The molecule has 122 valence electrons. The Balaban J connectivity index is 1.49. The molecule has 0 spiro atoms. The Morgan fingerprint density at radius 2 is 1.91 bits per heavy atom. The average molecular weight is 348 g/mol. The van der Waals surface area contributed by atoms with Crippen molar-refractivity contribution in [1.29, 1.82) is 0 Å². The van der Waals surface area contributed by atoms with Crippen LogP contribution in [0.25, 0.3) is 0 Å². The van der Waals surface area contributed by atoms with E-state index in [1.165, 1.54) is 41.9 Å². The van der Waals surface area contributed by atoms with E-state index >= 15 is 0 Å². The predicted octanol–water partition coefficient (Wildman–Crippen LogP) is 4.17. The Bertz CT molecular complexity index is 658. The highest BCUT2D eigenvalue weighted by Gasteiger charge is 2.16. The lowest BCUT2D eigenvalue weighted by molar-refractivity contribution is 0.104. The summed E-state index contributed by atoms with van der Waals surface area (Å²) in [6.45, 7) is 0.459. The van der Waals surface area contributed by atoms with Gasteiger partial charge in [-0.3, -0.25) is 4.79 Å². The van der Waals surface area contributed by atoms with Crippen LogP contribution < -0.4 is 10.6 Å². The summed E-state index contributed by atoms with van der Waals surface area (Å²) in [7, 11) is 0. The van der Waals surface area contributed by atoms with E-state index in [4.69, 9.17) is 0 Å². The molecule has 3 rings (SSSR count). The van der Waals surface area contributed by atoms with Crippen molar-refractivity contribution < 1.29 is 9.59 Å². The molecule has 2 aromatic rings. The average Bonchev–Trinajstić information content (AvgIpc) is 3.25. The van der Waals surface area contributed by atoms with Gasteiger partial charge in [0, 0.05) is 10.9 Å². The zero-order chi connectivity index (χ0) is 16.1. The fraction of sp³-hybridized carbons (Fsp3) is 0.412. The van der Waals surface area contributed by atoms with Gasteiger partial charge in [-0.05, 0) is 36.4 Å². The number of amides is 2. The molecule has 2 amide bonds. The van der Waals surface area contributed by atoms with E-state index in [1.807, 2.05) is 29.6 Å². The predicted molar refractivity (Wildman–Crippen MR) is 94.3 cm³/mol. The van der Waals surface area contributed by atoms with Gasteiger partial charge in [0.25, 0.3) is 0 Å². The van der Waals surface area contributed by atoms with E-state index in [1.54, 1.807) is 0 Å². The van der Waals surface area contributed by atoms with Crippen LogP contribution in [0.4, 0.5) is 4.79 Å². The summed E-state index contributed by atoms with van der Waals surface area (Å²) in [5.41, 5.74) is 0. The van der Waals surface area contributed by atoms with Crippen LogP contribution in [0, 0.1) is 0 Å². The molecule has 6 heteroatoms. The highest BCUT2D eigenvalue weighted by Crippen LogP contribution is 2.22. The minimum atomic E-state index is -0.114. The highest BCUT2D eigenvalue weighted by molar-refractivity contribution is 7.16. The van der Waals surface area contributed by atoms with Crippen LogP contribution in [0.5, 0.6) is 0 Å². The third kappa shape index (κ3) is 4.42. The topological polar surface area (TPSA) is 58.2 Å². The number of thiophene rings is 2. The summed E-state index contributed by atoms with van der Waals surface area (Å²) in [4.78, 5) is 26.6. The lowest BCUT2D eigenvalue weighted by Gasteiger charge is -2.22. The van der Waals surface area contributed by atoms with Gasteiger partial charge in [-0.25, -0.2) is 4.79 Å². The molecule has 2 N–H and O–H groups in total. The standard InChI is InChI=1S/C17H20N2O2S2/c20-16(14-7-4-10-22-14)15-9-8-13(23-15)11-18-17(21)19-12-5-2-1-3-6-12/h4,7-10,12H,1-3,5-6,11H2,(H2,18,19,21). The molecular weight excluding hydrogens is 328 g/mol. The molecule has 1 saturated carbocycles. The second-order valence-corrected chi connectivity index (χ2v) is 7.85. The third-order valence-electron chi connectivity index (χ3n) is 3.99. The van der Waals surface area contributed by atoms with E-state index in [0.717, 1.165) is 27.5 Å². The first kappa shape index (κ1) is 16.2. The van der Waals surface area contributed by atoms with Crippen LogP contribution in [-0.2, 0) is 6.54 Å². The van der Waals surface area contributed by atoms with Gasteiger partial charge in [-0.1, -0.05) is 25.3 Å². The summed E-state index contributed by atoms with van der Waals surface area (Å²) >= 11 is 2.89. The Hall–Kier alpha value is -1.66. The molecule has 0 unspecified atom stereocenters. The summed E-state index contributed by atoms with van der Waals surface area (Å²) in [6.07, 6.45) is 5.82. The van der Waals surface area contributed by atoms with Gasteiger partial charge >= 0.3 is 6.03 Å². The van der Waals surface area contributed by atoms with Crippen LogP contribution in [-0.4, -0.2) is 17.9 Å². The van der Waals surface area contributed by atoms with Gasteiger partial charge < -0.3 is 10.6 Å². The third-order valence-corrected chi connectivity index (χ3v) is 5.95. The smallest absolute Gasteiger partial charge is 0.315 e. The number of carbonyl (C=O) groups excluding carboxylic acids is 2. The van der Waals surface area contributed by atoms with Crippen molar-refractivity contribution in [3.63, 3.8) is 0 Å². The van der Waals surface area contributed by atoms with E-state index in [2.05, 4.69) is 10.6 Å². The molecule has 0 aromatic carbocycles. The van der Waals surface area contributed by atoms with Crippen LogP contribution >= 0.6 is 22.7 Å². The van der Waals surface area contributed by atoms with E-state index in [-0.39, 0.29) is 11.8 Å². The molecule has 1 aliphatic carbocycles. The highest BCUT2D eigenvalue weighted by atomic mass is 32.1. The number of urea groups is 1. The molecule has 1 fully saturated rings. The minimum Gasteiger partial charge on any atom is -0.335 e. The fourth-order valence-electron chi connectivity index (χ4n) is 2.77. The number of carbonyl (C=O) groups is 2. The molecule has 2 heterocycles. The summed E-state index contributed by atoms with van der Waals surface area (Å²) in [5, 5.41) is 7.82. The van der Waals surface area contributed by atoms with Crippen molar-refractivity contribution in [2.24, 2.45) is 0 Å². The fourth-order valence-corrected chi connectivity index (χ4v) is 4.42. The van der Waals surface area contributed by atoms with Crippen molar-refractivity contribution in [1.82, 2.24) is 10.6 Å². The molecule has 0 saturated heterocycles. The van der Waals surface area contributed by atoms with Gasteiger partial charge in [0.15, 0.2) is 0 Å². The van der Waals surface area contributed by atoms with E-state index in [9.17, 15) is 9.59 Å². The number of hydrogen-bond acceptors (Lipinski definition) is 4. The Labute approximate surface area is 143 Å². The minimum absolute atomic E-state index is 0.0582. The van der Waals surface area contributed by atoms with Gasteiger partial charge in [0.2, 0.25) is 5.78 Å². The van der Waals surface area contributed by atoms with Crippen molar-refractivity contribution in [2.45, 2.75) is 44.7 Å². The quantitative estimate of drug-likeness (QED) is 0.797. The molecular formula is C17H20N2O2S2. The molecule has 0 bridgehead atoms. The summed E-state index contributed by atoms with van der Waals surface area (Å²) < 4.78 is 0. The summed E-state index contributed by atoms with van der Waals surface area (Å²) in [5.74, 6) is 0.0582. The molecule has 23 heavy (non-hydrogen) atoms. The van der Waals surface area contributed by atoms with Crippen molar-refractivity contribution in [3.8, 4) is 0 Å². The first-order valence-corrected chi connectivity index (χ1v) is 9.63. The second-order valence-electron chi connectivity index (χ2n) is 5.73. The first-order chi connectivity index (χ1) is 11.2. The molecule has 4 nitrogen and oxygen atoms in total. The van der Waals surface area contributed by atoms with Crippen LogP contribution in [0.3, 0.4) is 0 Å². The maximum absolute atomic E-state index is 12.2. The monoisotopic (exact) mass is 348 g/mol. The van der Waals surface area contributed by atoms with Gasteiger partial charge in [0.05, 0.1) is 16.3 Å². The van der Waals surface area contributed by atoms with Crippen LogP contribution in [0.2, 0.25) is 0 Å². The number of nitrogens with one attached hydrogen (secondary N) is 2. The second kappa shape index (κ2) is 7.75.